The van der Waals surface area contributed by atoms with Crippen molar-refractivity contribution in [1.29, 1.82) is 0 Å². The van der Waals surface area contributed by atoms with E-state index in [0.717, 1.165) is 17.8 Å². The van der Waals surface area contributed by atoms with Gasteiger partial charge in [-0.15, -0.1) is 0 Å². The third kappa shape index (κ3) is 2.54. The summed E-state index contributed by atoms with van der Waals surface area (Å²) >= 11 is 0. The molecule has 0 unspecified atom stereocenters. The predicted molar refractivity (Wildman–Crippen MR) is 86.3 cm³/mol. The molecule has 5 nitrogen and oxygen atoms in total. The maximum Gasteiger partial charge on any atom is 0.322 e. The van der Waals surface area contributed by atoms with Gasteiger partial charge in [-0.05, 0) is 43.7 Å². The maximum absolute atomic E-state index is 12.6. The molecule has 1 N–H and O–H groups in total. The van der Waals surface area contributed by atoms with Crippen LogP contribution in [0.1, 0.15) is 24.2 Å². The largest absolute Gasteiger partial charge is 0.495 e. The highest BCUT2D eigenvalue weighted by atomic mass is 16.5. The zero-order chi connectivity index (χ0) is 15.7. The number of fused-ring (bicyclic) bond motifs is 1. The minimum atomic E-state index is -0.0937. The Hall–Kier alpha value is -2.43. The lowest BCUT2D eigenvalue weighted by Gasteiger charge is -2.35. The average molecular weight is 299 g/mol. The van der Waals surface area contributed by atoms with E-state index in [9.17, 15) is 4.79 Å². The first-order chi connectivity index (χ1) is 10.6. The molecule has 116 valence electrons. The van der Waals surface area contributed by atoms with E-state index in [0.29, 0.717) is 18.0 Å². The third-order valence-electron chi connectivity index (χ3n) is 4.20. The van der Waals surface area contributed by atoms with Crippen molar-refractivity contribution in [3.05, 3.63) is 47.8 Å². The molecular formula is C17H21N3O2. The summed E-state index contributed by atoms with van der Waals surface area (Å²) in [5, 5.41) is 2.98. The normalized spacial score (nSPS) is 17.0. The Bertz CT molecular complexity index is 693. The van der Waals surface area contributed by atoms with Crippen LogP contribution in [-0.4, -0.2) is 29.2 Å². The van der Waals surface area contributed by atoms with Crippen molar-refractivity contribution >= 4 is 11.7 Å². The standard InChI is InChI=1S/C17H21N3O2/c1-12-6-7-16(22-3)14(11-12)18-17(21)20-10-9-19-8-4-5-15(19)13(20)2/h4-8,11,13H,9-10H2,1-3H3,(H,18,21)/t13-/m0/s1. The fourth-order valence-corrected chi connectivity index (χ4v) is 2.96. The van der Waals surface area contributed by atoms with E-state index < -0.39 is 0 Å². The fourth-order valence-electron chi connectivity index (χ4n) is 2.96. The molecule has 1 aliphatic heterocycles. The van der Waals surface area contributed by atoms with Crippen LogP contribution in [-0.2, 0) is 6.54 Å². The SMILES string of the molecule is COc1ccc(C)cc1NC(=O)N1CCn2cccc2[C@@H]1C. The van der Waals surface area contributed by atoms with E-state index in [-0.39, 0.29) is 12.1 Å². The van der Waals surface area contributed by atoms with E-state index in [2.05, 4.69) is 29.1 Å². The highest BCUT2D eigenvalue weighted by Gasteiger charge is 2.27. The van der Waals surface area contributed by atoms with E-state index >= 15 is 0 Å². The molecule has 0 saturated heterocycles. The summed E-state index contributed by atoms with van der Waals surface area (Å²) in [5.41, 5.74) is 2.95. The first-order valence-electron chi connectivity index (χ1n) is 7.47. The number of aryl methyl sites for hydroxylation is 1. The second kappa shape index (κ2) is 5.75. The van der Waals surface area contributed by atoms with Crippen molar-refractivity contribution in [2.45, 2.75) is 26.4 Å². The molecule has 3 rings (SSSR count). The lowest BCUT2D eigenvalue weighted by atomic mass is 10.1. The Labute approximate surface area is 130 Å². The molecule has 0 saturated carbocycles. The second-order valence-corrected chi connectivity index (χ2v) is 5.63. The van der Waals surface area contributed by atoms with Gasteiger partial charge in [-0.2, -0.15) is 0 Å². The second-order valence-electron chi connectivity index (χ2n) is 5.63. The van der Waals surface area contributed by atoms with Gasteiger partial charge < -0.3 is 19.5 Å². The van der Waals surface area contributed by atoms with Crippen LogP contribution in [0, 0.1) is 6.92 Å². The minimum Gasteiger partial charge on any atom is -0.495 e. The van der Waals surface area contributed by atoms with Crippen molar-refractivity contribution in [3.63, 3.8) is 0 Å². The van der Waals surface area contributed by atoms with Gasteiger partial charge in [0.05, 0.1) is 18.8 Å². The van der Waals surface area contributed by atoms with Crippen LogP contribution >= 0.6 is 0 Å². The number of amides is 2. The van der Waals surface area contributed by atoms with Crippen LogP contribution in [0.4, 0.5) is 10.5 Å². The molecule has 0 spiro atoms. The van der Waals surface area contributed by atoms with Crippen LogP contribution in [0.2, 0.25) is 0 Å². The van der Waals surface area contributed by atoms with E-state index in [1.54, 1.807) is 7.11 Å². The Morgan fingerprint density at radius 3 is 2.91 bits per heavy atom. The fraction of sp³-hybridized carbons (Fsp3) is 0.353. The number of ether oxygens (including phenoxy) is 1. The van der Waals surface area contributed by atoms with Crippen molar-refractivity contribution in [1.82, 2.24) is 9.47 Å². The number of methoxy groups -OCH3 is 1. The van der Waals surface area contributed by atoms with E-state index in [1.807, 2.05) is 36.1 Å². The number of aromatic nitrogens is 1. The number of carbonyl (C=O) groups excluding carboxylic acids is 1. The van der Waals surface area contributed by atoms with E-state index in [4.69, 9.17) is 4.74 Å². The molecule has 22 heavy (non-hydrogen) atoms. The third-order valence-corrected chi connectivity index (χ3v) is 4.20. The summed E-state index contributed by atoms with van der Waals surface area (Å²) in [6.07, 6.45) is 2.06. The molecule has 2 heterocycles. The van der Waals surface area contributed by atoms with Crippen LogP contribution in [0.25, 0.3) is 0 Å². The van der Waals surface area contributed by atoms with Crippen LogP contribution in [0.3, 0.4) is 0 Å². The van der Waals surface area contributed by atoms with Crippen molar-refractivity contribution in [3.8, 4) is 5.75 Å². The Balaban J connectivity index is 1.80. The number of urea groups is 1. The summed E-state index contributed by atoms with van der Waals surface area (Å²) in [5.74, 6) is 0.673. The van der Waals surface area contributed by atoms with Crippen molar-refractivity contribution < 1.29 is 9.53 Å². The number of nitrogens with one attached hydrogen (secondary N) is 1. The van der Waals surface area contributed by atoms with Gasteiger partial charge in [-0.3, -0.25) is 0 Å². The number of rotatable bonds is 2. The molecule has 0 fully saturated rings. The summed E-state index contributed by atoms with van der Waals surface area (Å²) in [7, 11) is 1.61. The highest BCUT2D eigenvalue weighted by molar-refractivity contribution is 5.91. The van der Waals surface area contributed by atoms with Crippen molar-refractivity contribution in [2.24, 2.45) is 0 Å². The molecule has 1 atom stereocenters. The molecular weight excluding hydrogens is 278 g/mol. The van der Waals surface area contributed by atoms with Gasteiger partial charge in [-0.1, -0.05) is 6.07 Å². The highest BCUT2D eigenvalue weighted by Crippen LogP contribution is 2.29. The molecule has 2 aromatic rings. The molecule has 0 radical (unpaired) electrons. The van der Waals surface area contributed by atoms with Crippen LogP contribution in [0.15, 0.2) is 36.5 Å². The zero-order valence-electron chi connectivity index (χ0n) is 13.2. The van der Waals surface area contributed by atoms with Crippen LogP contribution < -0.4 is 10.1 Å². The molecule has 0 bridgehead atoms. The summed E-state index contributed by atoms with van der Waals surface area (Å²) in [4.78, 5) is 14.5. The number of hydrogen-bond acceptors (Lipinski definition) is 2. The Kier molecular flexibility index (Phi) is 3.79. The van der Waals surface area contributed by atoms with Gasteiger partial charge in [0.25, 0.3) is 0 Å². The number of benzene rings is 1. The molecule has 1 aliphatic rings. The lowest BCUT2D eigenvalue weighted by Crippen LogP contribution is -2.43. The van der Waals surface area contributed by atoms with Gasteiger partial charge in [0.15, 0.2) is 0 Å². The number of nitrogens with zero attached hydrogens (tertiary/aromatic N) is 2. The first-order valence-corrected chi connectivity index (χ1v) is 7.47. The van der Waals surface area contributed by atoms with Gasteiger partial charge in [0.1, 0.15) is 5.75 Å². The number of hydrogen-bond donors (Lipinski definition) is 1. The quantitative estimate of drug-likeness (QED) is 0.923. The van der Waals surface area contributed by atoms with E-state index in [1.165, 1.54) is 0 Å². The average Bonchev–Trinajstić information content (AvgIpc) is 2.97. The summed E-state index contributed by atoms with van der Waals surface area (Å²) in [6, 6.07) is 9.81. The topological polar surface area (TPSA) is 46.5 Å². The Morgan fingerprint density at radius 2 is 2.14 bits per heavy atom. The Morgan fingerprint density at radius 1 is 1.32 bits per heavy atom. The lowest BCUT2D eigenvalue weighted by molar-refractivity contribution is 0.175. The smallest absolute Gasteiger partial charge is 0.322 e. The molecule has 2 amide bonds. The molecule has 0 aliphatic carbocycles. The van der Waals surface area contributed by atoms with Crippen molar-refractivity contribution in [2.75, 3.05) is 19.0 Å². The zero-order valence-corrected chi connectivity index (χ0v) is 13.2. The van der Waals surface area contributed by atoms with Gasteiger partial charge in [0, 0.05) is 25.0 Å². The number of anilines is 1. The van der Waals surface area contributed by atoms with Crippen LogP contribution in [0.5, 0.6) is 5.75 Å². The summed E-state index contributed by atoms with van der Waals surface area (Å²) in [6.45, 7) is 5.57. The van der Waals surface area contributed by atoms with Gasteiger partial charge >= 0.3 is 6.03 Å². The first kappa shape index (κ1) is 14.5. The maximum atomic E-state index is 12.6. The molecule has 1 aromatic heterocycles. The van der Waals surface area contributed by atoms with Gasteiger partial charge in [0.2, 0.25) is 0 Å². The summed E-state index contributed by atoms with van der Waals surface area (Å²) < 4.78 is 7.52. The molecule has 5 heteroatoms. The van der Waals surface area contributed by atoms with Gasteiger partial charge in [-0.25, -0.2) is 4.79 Å². The minimum absolute atomic E-state index is 0.0551. The molecule has 1 aromatic carbocycles. The number of carbonyl (C=O) groups is 1. The monoisotopic (exact) mass is 299 g/mol. The predicted octanol–water partition coefficient (Wildman–Crippen LogP) is 3.41.